The molecule has 0 bridgehead atoms. The third-order valence-corrected chi connectivity index (χ3v) is 5.37. The molecule has 120 valence electrons. The predicted octanol–water partition coefficient (Wildman–Crippen LogP) is 3.91. The Morgan fingerprint density at radius 2 is 2.09 bits per heavy atom. The molecule has 2 aromatic rings. The zero-order valence-electron chi connectivity index (χ0n) is 13.2. The van der Waals surface area contributed by atoms with Gasteiger partial charge in [0.25, 0.3) is 5.91 Å². The minimum Gasteiger partial charge on any atom is -0.465 e. The lowest BCUT2D eigenvalue weighted by atomic mass is 9.90. The summed E-state index contributed by atoms with van der Waals surface area (Å²) in [4.78, 5) is 26.3. The van der Waals surface area contributed by atoms with Gasteiger partial charge >= 0.3 is 5.97 Å². The van der Waals surface area contributed by atoms with E-state index in [0.717, 1.165) is 12.8 Å². The summed E-state index contributed by atoms with van der Waals surface area (Å²) < 4.78 is 4.75. The third kappa shape index (κ3) is 3.29. The molecule has 4 nitrogen and oxygen atoms in total. The number of ether oxygens (including phenoxy) is 1. The van der Waals surface area contributed by atoms with Crippen LogP contribution in [0.3, 0.4) is 0 Å². The number of methoxy groups -OCH3 is 1. The van der Waals surface area contributed by atoms with Crippen LogP contribution in [-0.2, 0) is 17.6 Å². The van der Waals surface area contributed by atoms with E-state index in [0.29, 0.717) is 22.0 Å². The topological polar surface area (TPSA) is 55.4 Å². The van der Waals surface area contributed by atoms with Gasteiger partial charge in [0, 0.05) is 4.88 Å². The fraction of sp³-hybridized carbons (Fsp3) is 0.333. The van der Waals surface area contributed by atoms with E-state index in [1.807, 2.05) is 6.07 Å². The first-order chi connectivity index (χ1) is 11.1. The van der Waals surface area contributed by atoms with Crippen molar-refractivity contribution in [3.63, 3.8) is 0 Å². The van der Waals surface area contributed by atoms with Gasteiger partial charge in [-0.25, -0.2) is 4.79 Å². The largest absolute Gasteiger partial charge is 0.465 e. The first-order valence-corrected chi connectivity index (χ1v) is 8.50. The first-order valence-electron chi connectivity index (χ1n) is 7.68. The number of fused-ring (bicyclic) bond motifs is 1. The van der Waals surface area contributed by atoms with Crippen LogP contribution < -0.4 is 5.32 Å². The van der Waals surface area contributed by atoms with Crippen molar-refractivity contribution in [2.24, 2.45) is 5.92 Å². The number of anilines is 1. The van der Waals surface area contributed by atoms with Crippen LogP contribution in [0.25, 0.3) is 0 Å². The van der Waals surface area contributed by atoms with Crippen molar-refractivity contribution in [3.8, 4) is 0 Å². The smallest absolute Gasteiger partial charge is 0.339 e. The van der Waals surface area contributed by atoms with Gasteiger partial charge in [-0.05, 0) is 48.9 Å². The van der Waals surface area contributed by atoms with Gasteiger partial charge in [-0.2, -0.15) is 0 Å². The van der Waals surface area contributed by atoms with E-state index in [2.05, 4.69) is 12.2 Å². The lowest BCUT2D eigenvalue weighted by Crippen LogP contribution is -2.14. The highest BCUT2D eigenvalue weighted by Gasteiger charge is 2.21. The summed E-state index contributed by atoms with van der Waals surface area (Å²) in [6.45, 7) is 2.24. The zero-order chi connectivity index (χ0) is 16.4. The Morgan fingerprint density at radius 1 is 1.30 bits per heavy atom. The van der Waals surface area contributed by atoms with Crippen LogP contribution in [0.15, 0.2) is 30.3 Å². The highest BCUT2D eigenvalue weighted by Crippen LogP contribution is 2.32. The second-order valence-corrected chi connectivity index (χ2v) is 7.04. The Balaban J connectivity index is 1.82. The van der Waals surface area contributed by atoms with Crippen LogP contribution >= 0.6 is 11.3 Å². The van der Waals surface area contributed by atoms with Crippen molar-refractivity contribution >= 4 is 28.9 Å². The molecule has 1 unspecified atom stereocenters. The monoisotopic (exact) mass is 329 g/mol. The maximum Gasteiger partial charge on any atom is 0.339 e. The van der Waals surface area contributed by atoms with E-state index >= 15 is 0 Å². The molecule has 1 atom stereocenters. The number of hydrogen-bond donors (Lipinski definition) is 1. The Kier molecular flexibility index (Phi) is 4.48. The van der Waals surface area contributed by atoms with Gasteiger partial charge in [-0.15, -0.1) is 11.3 Å². The summed E-state index contributed by atoms with van der Waals surface area (Å²) in [5.41, 5.74) is 2.13. The Hall–Kier alpha value is -2.14. The Bertz CT molecular complexity index is 750. The summed E-state index contributed by atoms with van der Waals surface area (Å²) >= 11 is 1.56. The maximum absolute atomic E-state index is 12.5. The molecule has 1 aliphatic rings. The third-order valence-electron chi connectivity index (χ3n) is 4.13. The number of rotatable bonds is 3. The standard InChI is InChI=1S/C18H19NO3S/c1-11-7-8-15-12(9-11)10-16(23-15)17(20)19-14-6-4-3-5-13(14)18(21)22-2/h3-6,10-11H,7-9H2,1-2H3,(H,19,20). The van der Waals surface area contributed by atoms with E-state index in [9.17, 15) is 9.59 Å². The predicted molar refractivity (Wildman–Crippen MR) is 91.2 cm³/mol. The molecule has 0 saturated carbocycles. The summed E-state index contributed by atoms with van der Waals surface area (Å²) in [6.07, 6.45) is 3.27. The first kappa shape index (κ1) is 15.7. The number of esters is 1. The SMILES string of the molecule is COC(=O)c1ccccc1NC(=O)c1cc2c(s1)CCC(C)C2. The maximum atomic E-state index is 12.5. The van der Waals surface area contributed by atoms with Crippen LogP contribution in [-0.4, -0.2) is 19.0 Å². The lowest BCUT2D eigenvalue weighted by molar-refractivity contribution is 0.0602. The summed E-state index contributed by atoms with van der Waals surface area (Å²) in [6, 6.07) is 8.87. The molecule has 1 aromatic carbocycles. The van der Waals surface area contributed by atoms with E-state index in [-0.39, 0.29) is 5.91 Å². The quantitative estimate of drug-likeness (QED) is 0.869. The number of aryl methyl sites for hydroxylation is 1. The summed E-state index contributed by atoms with van der Waals surface area (Å²) in [5, 5.41) is 2.83. The molecule has 0 fully saturated rings. The molecule has 1 aliphatic carbocycles. The molecule has 5 heteroatoms. The number of benzene rings is 1. The average Bonchev–Trinajstić information content (AvgIpc) is 2.98. The molecule has 1 amide bonds. The normalized spacial score (nSPS) is 16.5. The van der Waals surface area contributed by atoms with Gasteiger partial charge in [0.05, 0.1) is 23.2 Å². The number of carbonyl (C=O) groups excluding carboxylic acids is 2. The van der Waals surface area contributed by atoms with Gasteiger partial charge < -0.3 is 10.1 Å². The minimum atomic E-state index is -0.458. The summed E-state index contributed by atoms with van der Waals surface area (Å²) in [5.74, 6) is 0.0432. The molecule has 1 N–H and O–H groups in total. The number of thiophene rings is 1. The highest BCUT2D eigenvalue weighted by molar-refractivity contribution is 7.14. The molecule has 0 radical (unpaired) electrons. The fourth-order valence-corrected chi connectivity index (χ4v) is 3.99. The molecular weight excluding hydrogens is 310 g/mol. The average molecular weight is 329 g/mol. The zero-order valence-corrected chi connectivity index (χ0v) is 14.0. The molecule has 0 saturated heterocycles. The van der Waals surface area contributed by atoms with Crippen LogP contribution in [0.5, 0.6) is 0 Å². The molecule has 0 aliphatic heterocycles. The van der Waals surface area contributed by atoms with Gasteiger partial charge in [0.2, 0.25) is 0 Å². The van der Waals surface area contributed by atoms with Crippen LogP contribution in [0.2, 0.25) is 0 Å². The van der Waals surface area contributed by atoms with Crippen LogP contribution in [0.1, 0.15) is 43.8 Å². The van der Waals surface area contributed by atoms with Gasteiger partial charge in [0.1, 0.15) is 0 Å². The Labute approximate surface area is 139 Å². The van der Waals surface area contributed by atoms with Crippen LogP contribution in [0, 0.1) is 5.92 Å². The Morgan fingerprint density at radius 3 is 2.87 bits per heavy atom. The van der Waals surface area contributed by atoms with E-state index < -0.39 is 5.97 Å². The van der Waals surface area contributed by atoms with Gasteiger partial charge in [0.15, 0.2) is 0 Å². The van der Waals surface area contributed by atoms with Crippen molar-refractivity contribution in [2.45, 2.75) is 26.2 Å². The molecular formula is C18H19NO3S. The second kappa shape index (κ2) is 6.54. The van der Waals surface area contributed by atoms with Crippen molar-refractivity contribution in [2.75, 3.05) is 12.4 Å². The minimum absolute atomic E-state index is 0.173. The van der Waals surface area contributed by atoms with Gasteiger partial charge in [-0.3, -0.25) is 4.79 Å². The van der Waals surface area contributed by atoms with Crippen molar-refractivity contribution < 1.29 is 14.3 Å². The number of nitrogens with one attached hydrogen (secondary N) is 1. The number of carbonyl (C=O) groups is 2. The summed E-state index contributed by atoms with van der Waals surface area (Å²) in [7, 11) is 1.33. The van der Waals surface area contributed by atoms with Gasteiger partial charge in [-0.1, -0.05) is 19.1 Å². The van der Waals surface area contributed by atoms with Crippen molar-refractivity contribution in [3.05, 3.63) is 51.2 Å². The lowest BCUT2D eigenvalue weighted by Gasteiger charge is -2.16. The van der Waals surface area contributed by atoms with E-state index in [1.165, 1.54) is 24.0 Å². The second-order valence-electron chi connectivity index (χ2n) is 5.90. The number of para-hydroxylation sites is 1. The number of amides is 1. The van der Waals surface area contributed by atoms with E-state index in [1.54, 1.807) is 35.6 Å². The fourth-order valence-electron chi connectivity index (χ4n) is 2.88. The molecule has 23 heavy (non-hydrogen) atoms. The molecule has 1 heterocycles. The molecule has 3 rings (SSSR count). The van der Waals surface area contributed by atoms with E-state index in [4.69, 9.17) is 4.74 Å². The highest BCUT2D eigenvalue weighted by atomic mass is 32.1. The number of hydrogen-bond acceptors (Lipinski definition) is 4. The van der Waals surface area contributed by atoms with Crippen molar-refractivity contribution in [1.29, 1.82) is 0 Å². The van der Waals surface area contributed by atoms with Crippen LogP contribution in [0.4, 0.5) is 5.69 Å². The molecule has 0 spiro atoms. The van der Waals surface area contributed by atoms with Crippen molar-refractivity contribution in [1.82, 2.24) is 0 Å². The molecule has 1 aromatic heterocycles.